The summed E-state index contributed by atoms with van der Waals surface area (Å²) in [6.45, 7) is 1.40. The third-order valence-corrected chi connectivity index (χ3v) is 4.72. The highest BCUT2D eigenvalue weighted by atomic mass is 16.6. The largest absolute Gasteiger partial charge is 0.493 e. The van der Waals surface area contributed by atoms with Gasteiger partial charge in [-0.25, -0.2) is 4.79 Å². The Hall–Kier alpha value is -3.62. The number of fused-ring (bicyclic) bond motifs is 1. The van der Waals surface area contributed by atoms with E-state index in [0.717, 1.165) is 25.3 Å². The summed E-state index contributed by atoms with van der Waals surface area (Å²) in [6.07, 6.45) is 3.09. The van der Waals surface area contributed by atoms with Crippen LogP contribution in [0.4, 0.5) is 11.4 Å². The third-order valence-electron chi connectivity index (χ3n) is 4.72. The Labute approximate surface area is 173 Å². The molecule has 0 bridgehead atoms. The normalized spacial score (nSPS) is 12.1. The Kier molecular flexibility index (Phi) is 6.51. The summed E-state index contributed by atoms with van der Waals surface area (Å²) in [4.78, 5) is 35.2. The molecule has 0 spiro atoms. The van der Waals surface area contributed by atoms with Crippen LogP contribution in [0.1, 0.15) is 34.8 Å². The van der Waals surface area contributed by atoms with Crippen LogP contribution in [-0.2, 0) is 22.4 Å². The van der Waals surface area contributed by atoms with Crippen LogP contribution in [0, 0.1) is 10.1 Å². The molecule has 0 fully saturated rings. The summed E-state index contributed by atoms with van der Waals surface area (Å²) in [5, 5.41) is 14.0. The molecule has 158 valence electrons. The van der Waals surface area contributed by atoms with E-state index in [9.17, 15) is 19.7 Å². The molecule has 0 radical (unpaired) electrons. The number of carbonyl (C=O) groups excluding carboxylic acids is 2. The Morgan fingerprint density at radius 3 is 2.60 bits per heavy atom. The minimum absolute atomic E-state index is 0.137. The highest BCUT2D eigenvalue weighted by Crippen LogP contribution is 2.35. The minimum atomic E-state index is -1.01. The molecule has 0 heterocycles. The van der Waals surface area contributed by atoms with E-state index in [4.69, 9.17) is 14.2 Å². The summed E-state index contributed by atoms with van der Waals surface area (Å²) >= 11 is 0. The molecular formula is C21H22N2O7. The van der Waals surface area contributed by atoms with E-state index in [1.165, 1.54) is 24.3 Å². The summed E-state index contributed by atoms with van der Waals surface area (Å²) in [6, 6.07) is 7.95. The second-order valence-corrected chi connectivity index (χ2v) is 6.67. The van der Waals surface area contributed by atoms with Crippen LogP contribution < -0.4 is 14.8 Å². The Morgan fingerprint density at radius 1 is 1.13 bits per heavy atom. The molecule has 1 aliphatic carbocycles. The van der Waals surface area contributed by atoms with Gasteiger partial charge < -0.3 is 19.5 Å². The fraction of sp³-hybridized carbons (Fsp3) is 0.333. The van der Waals surface area contributed by atoms with E-state index in [1.54, 1.807) is 13.0 Å². The first kappa shape index (κ1) is 21.1. The lowest BCUT2D eigenvalue weighted by molar-refractivity contribution is -0.385. The van der Waals surface area contributed by atoms with E-state index < -0.39 is 29.1 Å². The molecule has 0 atom stereocenters. The van der Waals surface area contributed by atoms with Crippen molar-refractivity contribution in [3.05, 3.63) is 57.1 Å². The van der Waals surface area contributed by atoms with E-state index in [0.29, 0.717) is 5.69 Å². The molecule has 0 saturated heterocycles. The van der Waals surface area contributed by atoms with Crippen molar-refractivity contribution < 1.29 is 28.7 Å². The van der Waals surface area contributed by atoms with Crippen molar-refractivity contribution in [2.45, 2.75) is 26.2 Å². The maximum absolute atomic E-state index is 12.4. The van der Waals surface area contributed by atoms with Crippen molar-refractivity contribution in [1.82, 2.24) is 0 Å². The first-order chi connectivity index (χ1) is 14.4. The number of anilines is 1. The molecule has 30 heavy (non-hydrogen) atoms. The highest BCUT2D eigenvalue weighted by molar-refractivity contribution is 5.98. The zero-order valence-electron chi connectivity index (χ0n) is 16.7. The molecule has 3 rings (SSSR count). The van der Waals surface area contributed by atoms with Gasteiger partial charge >= 0.3 is 5.97 Å². The fourth-order valence-corrected chi connectivity index (χ4v) is 3.35. The van der Waals surface area contributed by atoms with Crippen LogP contribution in [-0.4, -0.2) is 37.1 Å². The second-order valence-electron chi connectivity index (χ2n) is 6.67. The van der Waals surface area contributed by atoms with Crippen molar-refractivity contribution >= 4 is 23.3 Å². The van der Waals surface area contributed by atoms with E-state index in [-0.39, 0.29) is 23.7 Å². The summed E-state index contributed by atoms with van der Waals surface area (Å²) in [7, 11) is 1.35. The number of nitrogens with zero attached hydrogens (tertiary/aromatic N) is 1. The predicted octanol–water partition coefficient (Wildman–Crippen LogP) is 3.29. The fourth-order valence-electron chi connectivity index (χ4n) is 3.35. The molecule has 1 aliphatic rings. The number of methoxy groups -OCH3 is 1. The lowest BCUT2D eigenvalue weighted by atomic mass is 10.1. The zero-order chi connectivity index (χ0) is 21.7. The van der Waals surface area contributed by atoms with Gasteiger partial charge in [-0.05, 0) is 49.4 Å². The number of hydrogen-bond acceptors (Lipinski definition) is 7. The van der Waals surface area contributed by atoms with Crippen LogP contribution >= 0.6 is 0 Å². The minimum Gasteiger partial charge on any atom is -0.493 e. The van der Waals surface area contributed by atoms with Gasteiger partial charge in [-0.1, -0.05) is 6.07 Å². The van der Waals surface area contributed by atoms with Crippen LogP contribution in [0.15, 0.2) is 30.3 Å². The monoisotopic (exact) mass is 414 g/mol. The summed E-state index contributed by atoms with van der Waals surface area (Å²) in [5.74, 6) is -1.26. The molecule has 0 saturated carbocycles. The van der Waals surface area contributed by atoms with Gasteiger partial charge in [-0.15, -0.1) is 0 Å². The maximum atomic E-state index is 12.4. The third kappa shape index (κ3) is 4.68. The standard InChI is InChI=1S/C21H22N2O7/c1-3-29-19-11-17(23(26)27)16(10-18(19)28-2)21(25)30-12-20(24)22-15-8-7-13-5-4-6-14(13)9-15/h7-11H,3-6,12H2,1-2H3,(H,22,24). The number of benzene rings is 2. The Morgan fingerprint density at radius 2 is 1.90 bits per heavy atom. The van der Waals surface area contributed by atoms with Crippen LogP contribution in [0.25, 0.3) is 0 Å². The number of amides is 1. The van der Waals surface area contributed by atoms with Gasteiger partial charge in [-0.2, -0.15) is 0 Å². The molecule has 0 unspecified atom stereocenters. The van der Waals surface area contributed by atoms with E-state index in [2.05, 4.69) is 5.32 Å². The topological polar surface area (TPSA) is 117 Å². The molecule has 0 aliphatic heterocycles. The average Bonchev–Trinajstić information content (AvgIpc) is 3.19. The van der Waals surface area contributed by atoms with Crippen molar-refractivity contribution in [3.8, 4) is 11.5 Å². The van der Waals surface area contributed by atoms with Gasteiger partial charge in [0.15, 0.2) is 18.1 Å². The summed E-state index contributed by atoms with van der Waals surface area (Å²) in [5.41, 5.74) is 2.26. The number of hydrogen-bond donors (Lipinski definition) is 1. The van der Waals surface area contributed by atoms with Crippen LogP contribution in [0.5, 0.6) is 11.5 Å². The highest BCUT2D eigenvalue weighted by Gasteiger charge is 2.26. The zero-order valence-corrected chi connectivity index (χ0v) is 16.7. The van der Waals surface area contributed by atoms with Gasteiger partial charge in [0.1, 0.15) is 5.56 Å². The van der Waals surface area contributed by atoms with Crippen molar-refractivity contribution in [3.63, 3.8) is 0 Å². The molecule has 9 heteroatoms. The van der Waals surface area contributed by atoms with Gasteiger partial charge in [0.05, 0.1) is 24.7 Å². The smallest absolute Gasteiger partial charge is 0.345 e. The maximum Gasteiger partial charge on any atom is 0.345 e. The number of nitrogens with one attached hydrogen (secondary N) is 1. The first-order valence-corrected chi connectivity index (χ1v) is 9.51. The number of nitro groups is 1. The molecule has 1 N–H and O–H groups in total. The number of esters is 1. The van der Waals surface area contributed by atoms with Crippen molar-refractivity contribution in [2.24, 2.45) is 0 Å². The molecule has 1 amide bonds. The van der Waals surface area contributed by atoms with Gasteiger partial charge in [-0.3, -0.25) is 14.9 Å². The van der Waals surface area contributed by atoms with E-state index >= 15 is 0 Å². The number of nitro benzene ring substituents is 1. The summed E-state index contributed by atoms with van der Waals surface area (Å²) < 4.78 is 15.4. The quantitative estimate of drug-likeness (QED) is 0.400. The van der Waals surface area contributed by atoms with Gasteiger partial charge in [0.25, 0.3) is 11.6 Å². The average molecular weight is 414 g/mol. The lowest BCUT2D eigenvalue weighted by Gasteiger charge is -2.12. The number of rotatable bonds is 8. The SMILES string of the molecule is CCOc1cc([N+](=O)[O-])c(C(=O)OCC(=O)Nc2ccc3c(c2)CCC3)cc1OC. The van der Waals surface area contributed by atoms with Crippen molar-refractivity contribution in [2.75, 3.05) is 25.6 Å². The Balaban J connectivity index is 1.69. The molecule has 0 aromatic heterocycles. The second kappa shape index (κ2) is 9.25. The van der Waals surface area contributed by atoms with Gasteiger partial charge in [0.2, 0.25) is 0 Å². The van der Waals surface area contributed by atoms with E-state index in [1.807, 2.05) is 12.1 Å². The molecule has 9 nitrogen and oxygen atoms in total. The first-order valence-electron chi connectivity index (χ1n) is 9.51. The van der Waals surface area contributed by atoms with Gasteiger partial charge in [0, 0.05) is 11.8 Å². The number of carbonyl (C=O) groups is 2. The predicted molar refractivity (Wildman–Crippen MR) is 108 cm³/mol. The van der Waals surface area contributed by atoms with Crippen LogP contribution in [0.2, 0.25) is 0 Å². The number of aryl methyl sites for hydroxylation is 2. The van der Waals surface area contributed by atoms with Crippen LogP contribution in [0.3, 0.4) is 0 Å². The lowest BCUT2D eigenvalue weighted by Crippen LogP contribution is -2.21. The molecular weight excluding hydrogens is 392 g/mol. The molecule has 2 aromatic rings. The Bertz CT molecular complexity index is 988. The molecule has 2 aromatic carbocycles. The number of ether oxygens (including phenoxy) is 3. The van der Waals surface area contributed by atoms with Crippen molar-refractivity contribution in [1.29, 1.82) is 0 Å².